The van der Waals surface area contributed by atoms with Crippen LogP contribution in [0.15, 0.2) is 18.3 Å². The van der Waals surface area contributed by atoms with Gasteiger partial charge >= 0.3 is 5.97 Å². The van der Waals surface area contributed by atoms with E-state index in [1.807, 2.05) is 0 Å². The number of carboxylic acid groups (broad SMARTS) is 1. The Balaban J connectivity index is 2.00. The lowest BCUT2D eigenvalue weighted by Crippen LogP contribution is -2.20. The van der Waals surface area contributed by atoms with Gasteiger partial charge in [0, 0.05) is 18.7 Å². The van der Waals surface area contributed by atoms with Gasteiger partial charge < -0.3 is 19.9 Å². The number of hydrogen-bond donors (Lipinski definition) is 2. The summed E-state index contributed by atoms with van der Waals surface area (Å²) >= 11 is 0. The zero-order valence-electron chi connectivity index (χ0n) is 12.8. The molecule has 0 saturated carbocycles. The number of hydrogen-bond acceptors (Lipinski definition) is 6. The number of carboxylic acids is 1. The predicted molar refractivity (Wildman–Crippen MR) is 80.7 cm³/mol. The smallest absolute Gasteiger partial charge is 0.339 e. The number of Topliss-reactive ketones (excluding diaryl/α,β-unsaturated/α-hetero) is 1. The number of benzene rings is 1. The van der Waals surface area contributed by atoms with E-state index < -0.39 is 11.9 Å². The Labute approximate surface area is 135 Å². The third kappa shape index (κ3) is 2.56. The fourth-order valence-electron chi connectivity index (χ4n) is 2.38. The normalized spacial score (nSPS) is 12.1. The first kappa shape index (κ1) is 15.5. The van der Waals surface area contributed by atoms with Crippen LogP contribution >= 0.6 is 0 Å². The molecule has 0 bridgehead atoms. The highest BCUT2D eigenvalue weighted by atomic mass is 16.7. The van der Waals surface area contributed by atoms with E-state index in [1.54, 1.807) is 0 Å². The highest BCUT2D eigenvalue weighted by Gasteiger charge is 2.25. The predicted octanol–water partition coefficient (Wildman–Crippen LogP) is 1.30. The molecule has 0 spiro atoms. The van der Waals surface area contributed by atoms with Crippen LogP contribution in [0.3, 0.4) is 0 Å². The van der Waals surface area contributed by atoms with Crippen molar-refractivity contribution < 1.29 is 29.0 Å². The summed E-state index contributed by atoms with van der Waals surface area (Å²) in [5.74, 6) is -1.46. The van der Waals surface area contributed by atoms with Gasteiger partial charge in [0.1, 0.15) is 11.3 Å². The largest absolute Gasteiger partial charge is 0.478 e. The minimum atomic E-state index is -1.27. The number of nitrogens with zero attached hydrogens (tertiary/aromatic N) is 2. The summed E-state index contributed by atoms with van der Waals surface area (Å²) in [6.07, 6.45) is 1.09. The monoisotopic (exact) mass is 331 g/mol. The van der Waals surface area contributed by atoms with Gasteiger partial charge in [-0.1, -0.05) is 0 Å². The third-order valence-electron chi connectivity index (χ3n) is 3.52. The number of aromatic carboxylic acids is 1. The molecular formula is C15H13N3O6. The summed E-state index contributed by atoms with van der Waals surface area (Å²) in [5, 5.41) is 15.5. The fraction of sp³-hybridized carbons (Fsp3) is 0.200. The number of carbonyl (C=O) groups excluding carboxylic acids is 2. The van der Waals surface area contributed by atoms with Crippen LogP contribution in [0.1, 0.15) is 38.1 Å². The molecule has 0 aliphatic carbocycles. The van der Waals surface area contributed by atoms with Crippen LogP contribution in [-0.2, 0) is 7.05 Å². The molecule has 0 radical (unpaired) electrons. The zero-order chi connectivity index (χ0) is 17.4. The molecule has 2 aromatic rings. The molecule has 1 aromatic heterocycles. The molecule has 1 aromatic carbocycles. The van der Waals surface area contributed by atoms with Gasteiger partial charge in [0.05, 0.1) is 11.9 Å². The van der Waals surface area contributed by atoms with Crippen molar-refractivity contribution in [3.63, 3.8) is 0 Å². The van der Waals surface area contributed by atoms with Gasteiger partial charge in [-0.3, -0.25) is 14.3 Å². The maximum absolute atomic E-state index is 12.5. The van der Waals surface area contributed by atoms with Gasteiger partial charge in [0.2, 0.25) is 6.79 Å². The highest BCUT2D eigenvalue weighted by molar-refractivity contribution is 6.12. The van der Waals surface area contributed by atoms with Crippen LogP contribution in [0.2, 0.25) is 0 Å². The number of rotatable bonds is 4. The van der Waals surface area contributed by atoms with E-state index in [9.17, 15) is 14.4 Å². The van der Waals surface area contributed by atoms with E-state index in [1.165, 1.54) is 26.1 Å². The van der Waals surface area contributed by atoms with E-state index in [2.05, 4.69) is 10.4 Å². The second-order valence-corrected chi connectivity index (χ2v) is 5.10. The Morgan fingerprint density at radius 2 is 1.88 bits per heavy atom. The van der Waals surface area contributed by atoms with Gasteiger partial charge in [0.25, 0.3) is 5.91 Å². The second-order valence-electron chi connectivity index (χ2n) is 5.10. The van der Waals surface area contributed by atoms with Crippen LogP contribution in [0.25, 0.3) is 0 Å². The molecule has 0 atom stereocenters. The van der Waals surface area contributed by atoms with Gasteiger partial charge in [-0.2, -0.15) is 5.10 Å². The second kappa shape index (κ2) is 5.69. The maximum Gasteiger partial charge on any atom is 0.339 e. The van der Waals surface area contributed by atoms with E-state index in [-0.39, 0.29) is 35.1 Å². The molecule has 2 N–H and O–H groups in total. The van der Waals surface area contributed by atoms with Crippen LogP contribution in [-0.4, -0.2) is 39.3 Å². The third-order valence-corrected chi connectivity index (χ3v) is 3.52. The Kier molecular flexibility index (Phi) is 3.68. The number of aromatic nitrogens is 2. The molecule has 24 heavy (non-hydrogen) atoms. The Morgan fingerprint density at radius 3 is 2.50 bits per heavy atom. The summed E-state index contributed by atoms with van der Waals surface area (Å²) < 4.78 is 11.6. The van der Waals surface area contributed by atoms with Crippen molar-refractivity contribution in [1.29, 1.82) is 0 Å². The van der Waals surface area contributed by atoms with Gasteiger partial charge in [-0.15, -0.1) is 0 Å². The van der Waals surface area contributed by atoms with Gasteiger partial charge in [0.15, 0.2) is 17.3 Å². The van der Waals surface area contributed by atoms with Crippen molar-refractivity contribution in [2.75, 3.05) is 12.1 Å². The van der Waals surface area contributed by atoms with Crippen molar-refractivity contribution in [2.24, 2.45) is 7.05 Å². The first-order chi connectivity index (χ1) is 11.4. The highest BCUT2D eigenvalue weighted by Crippen LogP contribution is 2.37. The number of ether oxygens (including phenoxy) is 2. The average Bonchev–Trinajstić information content (AvgIpc) is 3.11. The molecule has 0 saturated heterocycles. The lowest BCUT2D eigenvalue weighted by molar-refractivity contribution is 0.0692. The van der Waals surface area contributed by atoms with Crippen molar-refractivity contribution in [3.8, 4) is 11.5 Å². The average molecular weight is 331 g/mol. The van der Waals surface area contributed by atoms with Crippen molar-refractivity contribution in [2.45, 2.75) is 6.92 Å². The van der Waals surface area contributed by atoms with E-state index >= 15 is 0 Å². The lowest BCUT2D eigenvalue weighted by Gasteiger charge is -2.11. The molecule has 9 nitrogen and oxygen atoms in total. The Bertz CT molecular complexity index is 870. The standard InChI is InChI=1S/C15H13N3O6/c1-7(19)8-3-11-12(24-6-23-11)4-10(8)17-14(20)13-9(15(21)22)5-16-18(13)2/h3-5H,6H2,1-2H3,(H,17,20)(H,21,22). The molecular weight excluding hydrogens is 318 g/mol. The number of anilines is 1. The molecule has 124 valence electrons. The van der Waals surface area contributed by atoms with Gasteiger partial charge in [-0.25, -0.2) is 4.79 Å². The first-order valence-corrected chi connectivity index (χ1v) is 6.89. The number of carbonyl (C=O) groups is 3. The molecule has 0 fully saturated rings. The van der Waals surface area contributed by atoms with Crippen LogP contribution in [0, 0.1) is 0 Å². The number of aryl methyl sites for hydroxylation is 1. The van der Waals surface area contributed by atoms with Crippen LogP contribution in [0.4, 0.5) is 5.69 Å². The van der Waals surface area contributed by atoms with E-state index in [0.29, 0.717) is 11.5 Å². The fourth-order valence-corrected chi connectivity index (χ4v) is 2.38. The molecule has 2 heterocycles. The summed E-state index contributed by atoms with van der Waals surface area (Å²) in [5.41, 5.74) is 0.0655. The summed E-state index contributed by atoms with van der Waals surface area (Å²) in [4.78, 5) is 35.5. The SMILES string of the molecule is CC(=O)c1cc2c(cc1NC(=O)c1c(C(=O)O)cnn1C)OCO2. The lowest BCUT2D eigenvalue weighted by atomic mass is 10.1. The Morgan fingerprint density at radius 1 is 1.21 bits per heavy atom. The quantitative estimate of drug-likeness (QED) is 0.810. The zero-order valence-corrected chi connectivity index (χ0v) is 12.8. The minimum absolute atomic E-state index is 0.0228. The van der Waals surface area contributed by atoms with Gasteiger partial charge in [-0.05, 0) is 13.0 Å². The number of nitrogens with one attached hydrogen (secondary N) is 1. The summed E-state index contributed by atoms with van der Waals surface area (Å²) in [7, 11) is 1.45. The van der Waals surface area contributed by atoms with Crippen molar-refractivity contribution >= 4 is 23.3 Å². The summed E-state index contributed by atoms with van der Waals surface area (Å²) in [6.45, 7) is 1.37. The molecule has 3 rings (SSSR count). The van der Waals surface area contributed by atoms with Crippen LogP contribution in [0.5, 0.6) is 11.5 Å². The maximum atomic E-state index is 12.5. The molecule has 1 amide bonds. The molecule has 0 unspecified atom stereocenters. The van der Waals surface area contributed by atoms with E-state index in [0.717, 1.165) is 10.9 Å². The number of fused-ring (bicyclic) bond motifs is 1. The first-order valence-electron chi connectivity index (χ1n) is 6.89. The minimum Gasteiger partial charge on any atom is -0.478 e. The van der Waals surface area contributed by atoms with Crippen LogP contribution < -0.4 is 14.8 Å². The molecule has 1 aliphatic heterocycles. The van der Waals surface area contributed by atoms with Crippen molar-refractivity contribution in [3.05, 3.63) is 35.2 Å². The number of amides is 1. The molecule has 9 heteroatoms. The Hall–Kier alpha value is -3.36. The summed E-state index contributed by atoms with van der Waals surface area (Å²) in [6, 6.07) is 2.94. The topological polar surface area (TPSA) is 120 Å². The molecule has 1 aliphatic rings. The van der Waals surface area contributed by atoms with Crippen molar-refractivity contribution in [1.82, 2.24) is 9.78 Å². The van der Waals surface area contributed by atoms with E-state index in [4.69, 9.17) is 14.6 Å². The number of ketones is 1.